The standard InChI is InChI=1S/C15H24O/c1-11-5-4-8-15(10-16-15)13-9-14(2,3)12(13)7-6-11/h5,12-13H,4,6-10H2,1-3H3/b11-5+/t12-,13+,15-/m0/s1. The Bertz CT molecular complexity index is 322. The van der Waals surface area contributed by atoms with Crippen LogP contribution in [-0.2, 0) is 4.74 Å². The third-order valence-electron chi connectivity index (χ3n) is 5.34. The van der Waals surface area contributed by atoms with Crippen molar-refractivity contribution in [1.82, 2.24) is 0 Å². The molecule has 0 bridgehead atoms. The highest BCUT2D eigenvalue weighted by Crippen LogP contribution is 2.62. The van der Waals surface area contributed by atoms with Gasteiger partial charge in [0.2, 0.25) is 0 Å². The van der Waals surface area contributed by atoms with Gasteiger partial charge in [0.05, 0.1) is 12.2 Å². The lowest BCUT2D eigenvalue weighted by Crippen LogP contribution is -2.50. The van der Waals surface area contributed by atoms with Crippen LogP contribution >= 0.6 is 0 Å². The maximum absolute atomic E-state index is 5.86. The lowest BCUT2D eigenvalue weighted by atomic mass is 9.50. The molecule has 3 atom stereocenters. The lowest BCUT2D eigenvalue weighted by molar-refractivity contribution is -0.0642. The van der Waals surface area contributed by atoms with Crippen LogP contribution in [0.1, 0.15) is 52.9 Å². The first-order valence-electron chi connectivity index (χ1n) is 6.83. The van der Waals surface area contributed by atoms with Gasteiger partial charge in [-0.05, 0) is 56.3 Å². The van der Waals surface area contributed by atoms with Crippen molar-refractivity contribution in [3.8, 4) is 0 Å². The summed E-state index contributed by atoms with van der Waals surface area (Å²) in [5, 5.41) is 0. The summed E-state index contributed by atoms with van der Waals surface area (Å²) in [6, 6.07) is 0. The molecule has 0 amide bonds. The number of hydrogen-bond donors (Lipinski definition) is 0. The Labute approximate surface area is 99.3 Å². The molecule has 3 rings (SSSR count). The monoisotopic (exact) mass is 220 g/mol. The molecule has 1 saturated carbocycles. The molecule has 0 aromatic heterocycles. The van der Waals surface area contributed by atoms with Crippen molar-refractivity contribution >= 4 is 0 Å². The van der Waals surface area contributed by atoms with Gasteiger partial charge in [0, 0.05) is 0 Å². The van der Waals surface area contributed by atoms with E-state index in [1.165, 1.54) is 32.1 Å². The fraction of sp³-hybridized carbons (Fsp3) is 0.867. The summed E-state index contributed by atoms with van der Waals surface area (Å²) >= 11 is 0. The number of fused-ring (bicyclic) bond motifs is 2. The van der Waals surface area contributed by atoms with Crippen molar-refractivity contribution in [3.63, 3.8) is 0 Å². The molecule has 0 unspecified atom stereocenters. The normalized spacial score (nSPS) is 49.1. The van der Waals surface area contributed by atoms with Gasteiger partial charge < -0.3 is 4.74 Å². The van der Waals surface area contributed by atoms with Crippen LogP contribution in [0.3, 0.4) is 0 Å². The van der Waals surface area contributed by atoms with Crippen molar-refractivity contribution in [1.29, 1.82) is 0 Å². The summed E-state index contributed by atoms with van der Waals surface area (Å²) in [6.07, 6.45) is 9.01. The minimum Gasteiger partial charge on any atom is -0.369 e. The molecule has 0 aromatic rings. The van der Waals surface area contributed by atoms with Gasteiger partial charge in [-0.3, -0.25) is 0 Å². The number of epoxide rings is 1. The molecule has 1 saturated heterocycles. The number of allylic oxidation sites excluding steroid dienone is 2. The van der Waals surface area contributed by atoms with Gasteiger partial charge in [-0.1, -0.05) is 25.5 Å². The molecule has 2 fully saturated rings. The van der Waals surface area contributed by atoms with Crippen LogP contribution in [0.25, 0.3) is 0 Å². The van der Waals surface area contributed by atoms with E-state index in [9.17, 15) is 0 Å². The largest absolute Gasteiger partial charge is 0.369 e. The highest BCUT2D eigenvalue weighted by Gasteiger charge is 2.62. The predicted octanol–water partition coefficient (Wildman–Crippen LogP) is 3.94. The van der Waals surface area contributed by atoms with Crippen LogP contribution in [0.15, 0.2) is 11.6 Å². The maximum Gasteiger partial charge on any atom is 0.0950 e. The number of rotatable bonds is 0. The molecule has 90 valence electrons. The minimum atomic E-state index is 0.307. The van der Waals surface area contributed by atoms with Gasteiger partial charge in [0.15, 0.2) is 0 Å². The molecule has 3 aliphatic rings. The van der Waals surface area contributed by atoms with Gasteiger partial charge in [0.25, 0.3) is 0 Å². The molecule has 1 aliphatic heterocycles. The fourth-order valence-electron chi connectivity index (χ4n) is 4.07. The fourth-order valence-corrected chi connectivity index (χ4v) is 4.07. The molecule has 1 nitrogen and oxygen atoms in total. The van der Waals surface area contributed by atoms with E-state index in [2.05, 4.69) is 26.8 Å². The lowest BCUT2D eigenvalue weighted by Gasteiger charge is -2.54. The van der Waals surface area contributed by atoms with Crippen molar-refractivity contribution in [2.75, 3.05) is 6.61 Å². The Morgan fingerprint density at radius 2 is 2.06 bits per heavy atom. The van der Waals surface area contributed by atoms with E-state index in [-0.39, 0.29) is 0 Å². The van der Waals surface area contributed by atoms with Crippen molar-refractivity contribution in [2.24, 2.45) is 17.3 Å². The molecule has 1 heterocycles. The Hall–Kier alpha value is -0.300. The van der Waals surface area contributed by atoms with Crippen molar-refractivity contribution < 1.29 is 4.74 Å². The highest BCUT2D eigenvalue weighted by atomic mass is 16.6. The van der Waals surface area contributed by atoms with Gasteiger partial charge in [-0.15, -0.1) is 0 Å². The van der Waals surface area contributed by atoms with Crippen LogP contribution < -0.4 is 0 Å². The highest BCUT2D eigenvalue weighted by molar-refractivity contribution is 5.13. The van der Waals surface area contributed by atoms with Gasteiger partial charge in [-0.2, -0.15) is 0 Å². The number of ether oxygens (including phenoxy) is 1. The van der Waals surface area contributed by atoms with Crippen molar-refractivity contribution in [2.45, 2.75) is 58.5 Å². The zero-order valence-corrected chi connectivity index (χ0v) is 10.9. The summed E-state index contributed by atoms with van der Waals surface area (Å²) < 4.78 is 5.86. The van der Waals surface area contributed by atoms with Crippen LogP contribution in [0.5, 0.6) is 0 Å². The summed E-state index contributed by atoms with van der Waals surface area (Å²) in [5.41, 5.74) is 2.47. The van der Waals surface area contributed by atoms with Gasteiger partial charge in [0.1, 0.15) is 0 Å². The molecule has 0 aromatic carbocycles. The average molecular weight is 220 g/mol. The SMILES string of the molecule is C/C1=C\CC[C@]2(CO2)[C@@H]2CC(C)(C)[C@H]2CC1. The predicted molar refractivity (Wildman–Crippen MR) is 66.3 cm³/mol. The van der Waals surface area contributed by atoms with Crippen LogP contribution in [-0.4, -0.2) is 12.2 Å². The maximum atomic E-state index is 5.86. The Morgan fingerprint density at radius 3 is 2.69 bits per heavy atom. The Balaban J connectivity index is 1.82. The second kappa shape index (κ2) is 3.35. The summed E-state index contributed by atoms with van der Waals surface area (Å²) in [5.74, 6) is 1.76. The molecule has 1 heteroatoms. The molecular formula is C15H24O. The quantitative estimate of drug-likeness (QED) is 0.445. The first-order chi connectivity index (χ1) is 7.54. The Morgan fingerprint density at radius 1 is 1.31 bits per heavy atom. The van der Waals surface area contributed by atoms with E-state index < -0.39 is 0 Å². The molecular weight excluding hydrogens is 196 g/mol. The van der Waals surface area contributed by atoms with Crippen LogP contribution in [0.2, 0.25) is 0 Å². The summed E-state index contributed by atoms with van der Waals surface area (Å²) in [7, 11) is 0. The van der Waals surface area contributed by atoms with Crippen LogP contribution in [0.4, 0.5) is 0 Å². The molecule has 0 N–H and O–H groups in total. The van der Waals surface area contributed by atoms with E-state index in [1.54, 1.807) is 5.57 Å². The molecule has 0 radical (unpaired) electrons. The van der Waals surface area contributed by atoms with Crippen molar-refractivity contribution in [3.05, 3.63) is 11.6 Å². The smallest absolute Gasteiger partial charge is 0.0950 e. The molecule has 2 aliphatic carbocycles. The third-order valence-corrected chi connectivity index (χ3v) is 5.34. The summed E-state index contributed by atoms with van der Waals surface area (Å²) in [6.45, 7) is 8.23. The van der Waals surface area contributed by atoms with Gasteiger partial charge >= 0.3 is 0 Å². The van der Waals surface area contributed by atoms with E-state index in [4.69, 9.17) is 4.74 Å². The third kappa shape index (κ3) is 1.55. The van der Waals surface area contributed by atoms with E-state index >= 15 is 0 Å². The second-order valence-corrected chi connectivity index (χ2v) is 6.89. The second-order valence-electron chi connectivity index (χ2n) is 6.89. The summed E-state index contributed by atoms with van der Waals surface area (Å²) in [4.78, 5) is 0. The molecule has 16 heavy (non-hydrogen) atoms. The topological polar surface area (TPSA) is 12.5 Å². The first kappa shape index (κ1) is 10.8. The first-order valence-corrected chi connectivity index (χ1v) is 6.83. The minimum absolute atomic E-state index is 0.307. The zero-order chi connectivity index (χ0) is 11.4. The average Bonchev–Trinajstić information content (AvgIpc) is 2.94. The van der Waals surface area contributed by atoms with Gasteiger partial charge in [-0.25, -0.2) is 0 Å². The zero-order valence-electron chi connectivity index (χ0n) is 10.9. The van der Waals surface area contributed by atoms with Crippen LogP contribution in [0, 0.1) is 17.3 Å². The molecule has 1 spiro atoms. The van der Waals surface area contributed by atoms with E-state index in [0.717, 1.165) is 18.4 Å². The number of hydrogen-bond acceptors (Lipinski definition) is 1. The Kier molecular flexibility index (Phi) is 2.27. The van der Waals surface area contributed by atoms with E-state index in [1.807, 2.05) is 0 Å². The van der Waals surface area contributed by atoms with E-state index in [0.29, 0.717) is 11.0 Å².